The van der Waals surface area contributed by atoms with Gasteiger partial charge in [-0.3, -0.25) is 9.59 Å². The van der Waals surface area contributed by atoms with E-state index in [0.29, 0.717) is 24.2 Å². The van der Waals surface area contributed by atoms with Crippen LogP contribution in [0.15, 0.2) is 48.5 Å². The summed E-state index contributed by atoms with van der Waals surface area (Å²) in [6.45, 7) is 0.476. The second-order valence-corrected chi connectivity index (χ2v) is 6.04. The van der Waals surface area contributed by atoms with Crippen molar-refractivity contribution in [2.24, 2.45) is 0 Å². The maximum atomic E-state index is 12.5. The van der Waals surface area contributed by atoms with E-state index in [0.717, 1.165) is 6.42 Å². The van der Waals surface area contributed by atoms with E-state index in [2.05, 4.69) is 10.1 Å². The largest absolute Gasteiger partial charge is 0.573 e. The lowest BCUT2D eigenvalue weighted by molar-refractivity contribution is -0.274. The van der Waals surface area contributed by atoms with Crippen molar-refractivity contribution in [3.63, 3.8) is 0 Å². The molecule has 1 heterocycles. The van der Waals surface area contributed by atoms with Gasteiger partial charge in [0.15, 0.2) is 0 Å². The monoisotopic (exact) mass is 378 g/mol. The SMILES string of the molecule is O=C(NCc1ccccc1OC(F)(F)F)c1cccc(N2CCCC2=O)c1. The third kappa shape index (κ3) is 4.78. The minimum absolute atomic E-state index is 0.00536. The van der Waals surface area contributed by atoms with Crippen LogP contribution in [0.3, 0.4) is 0 Å². The van der Waals surface area contributed by atoms with Crippen molar-refractivity contribution in [3.8, 4) is 5.75 Å². The van der Waals surface area contributed by atoms with Crippen molar-refractivity contribution >= 4 is 17.5 Å². The van der Waals surface area contributed by atoms with Crippen LogP contribution in [0.25, 0.3) is 0 Å². The molecular weight excluding hydrogens is 361 g/mol. The van der Waals surface area contributed by atoms with E-state index in [-0.39, 0.29) is 23.8 Å². The van der Waals surface area contributed by atoms with Crippen LogP contribution in [0.2, 0.25) is 0 Å². The summed E-state index contributed by atoms with van der Waals surface area (Å²) in [4.78, 5) is 25.8. The normalized spacial score (nSPS) is 14.3. The van der Waals surface area contributed by atoms with Gasteiger partial charge in [-0.25, -0.2) is 0 Å². The van der Waals surface area contributed by atoms with Crippen LogP contribution in [-0.4, -0.2) is 24.7 Å². The van der Waals surface area contributed by atoms with E-state index in [1.54, 1.807) is 35.2 Å². The van der Waals surface area contributed by atoms with Crippen LogP contribution in [0.4, 0.5) is 18.9 Å². The highest BCUT2D eigenvalue weighted by atomic mass is 19.4. The third-order valence-corrected chi connectivity index (χ3v) is 4.13. The Morgan fingerprint density at radius 1 is 1.15 bits per heavy atom. The molecule has 1 aliphatic rings. The van der Waals surface area contributed by atoms with Crippen LogP contribution >= 0.6 is 0 Å². The van der Waals surface area contributed by atoms with Gasteiger partial charge >= 0.3 is 6.36 Å². The molecule has 1 fully saturated rings. The highest BCUT2D eigenvalue weighted by molar-refractivity contribution is 5.99. The third-order valence-electron chi connectivity index (χ3n) is 4.13. The second kappa shape index (κ2) is 7.69. The first kappa shape index (κ1) is 18.8. The number of amides is 2. The van der Waals surface area contributed by atoms with Crippen LogP contribution in [0, 0.1) is 0 Å². The molecule has 5 nitrogen and oxygen atoms in total. The second-order valence-electron chi connectivity index (χ2n) is 6.04. The molecule has 0 bridgehead atoms. The van der Waals surface area contributed by atoms with Crippen molar-refractivity contribution in [2.45, 2.75) is 25.7 Å². The van der Waals surface area contributed by atoms with E-state index in [9.17, 15) is 22.8 Å². The molecule has 0 spiro atoms. The summed E-state index contributed by atoms with van der Waals surface area (Å²) in [6, 6.07) is 12.2. The molecule has 0 aromatic heterocycles. The van der Waals surface area contributed by atoms with Gasteiger partial charge < -0.3 is 15.0 Å². The van der Waals surface area contributed by atoms with Gasteiger partial charge in [-0.2, -0.15) is 0 Å². The molecule has 2 aromatic carbocycles. The Morgan fingerprint density at radius 3 is 2.63 bits per heavy atom. The van der Waals surface area contributed by atoms with Gasteiger partial charge in [-0.05, 0) is 30.7 Å². The fraction of sp³-hybridized carbons (Fsp3) is 0.263. The number of nitrogens with zero attached hydrogens (tertiary/aromatic N) is 1. The number of alkyl halides is 3. The summed E-state index contributed by atoms with van der Waals surface area (Å²) >= 11 is 0. The van der Waals surface area contributed by atoms with E-state index >= 15 is 0 Å². The maximum absolute atomic E-state index is 12.5. The number of carbonyl (C=O) groups excluding carboxylic acids is 2. The number of rotatable bonds is 5. The zero-order chi connectivity index (χ0) is 19.4. The smallest absolute Gasteiger partial charge is 0.405 e. The highest BCUT2D eigenvalue weighted by Gasteiger charge is 2.32. The van der Waals surface area contributed by atoms with E-state index < -0.39 is 12.3 Å². The first-order valence-electron chi connectivity index (χ1n) is 8.36. The quantitative estimate of drug-likeness (QED) is 0.864. The fourth-order valence-corrected chi connectivity index (χ4v) is 2.89. The van der Waals surface area contributed by atoms with Crippen LogP contribution in [-0.2, 0) is 11.3 Å². The molecule has 2 aromatic rings. The lowest BCUT2D eigenvalue weighted by Gasteiger charge is -2.17. The summed E-state index contributed by atoms with van der Waals surface area (Å²) in [5.41, 5.74) is 1.15. The van der Waals surface area contributed by atoms with E-state index in [1.165, 1.54) is 18.2 Å². The van der Waals surface area contributed by atoms with Gasteiger partial charge in [0, 0.05) is 36.3 Å². The molecule has 142 valence electrons. The first-order valence-corrected chi connectivity index (χ1v) is 8.36. The summed E-state index contributed by atoms with van der Waals surface area (Å²) < 4.78 is 41.4. The lowest BCUT2D eigenvalue weighted by Crippen LogP contribution is -2.26. The number of halogens is 3. The Bertz CT molecular complexity index is 852. The average molecular weight is 378 g/mol. The molecule has 27 heavy (non-hydrogen) atoms. The molecule has 0 unspecified atom stereocenters. The van der Waals surface area contributed by atoms with Gasteiger partial charge in [-0.15, -0.1) is 13.2 Å². The average Bonchev–Trinajstić information content (AvgIpc) is 3.05. The summed E-state index contributed by atoms with van der Waals surface area (Å²) in [5.74, 6) is -0.808. The number of hydrogen-bond donors (Lipinski definition) is 1. The van der Waals surface area contributed by atoms with Crippen molar-refractivity contribution in [1.82, 2.24) is 5.32 Å². The molecule has 0 aliphatic carbocycles. The molecule has 3 rings (SSSR count). The minimum atomic E-state index is -4.81. The van der Waals surface area contributed by atoms with Gasteiger partial charge in [0.25, 0.3) is 5.91 Å². The van der Waals surface area contributed by atoms with Gasteiger partial charge in [0.2, 0.25) is 5.91 Å². The summed E-state index contributed by atoms with van der Waals surface area (Å²) in [5, 5.41) is 2.58. The number of hydrogen-bond acceptors (Lipinski definition) is 3. The predicted octanol–water partition coefficient (Wildman–Crippen LogP) is 3.64. The number of para-hydroxylation sites is 1. The number of ether oxygens (including phenoxy) is 1. The van der Waals surface area contributed by atoms with Crippen LogP contribution < -0.4 is 15.0 Å². The van der Waals surface area contributed by atoms with Gasteiger partial charge in [0.05, 0.1) is 0 Å². The number of carbonyl (C=O) groups is 2. The number of anilines is 1. The Morgan fingerprint density at radius 2 is 1.93 bits per heavy atom. The number of benzene rings is 2. The van der Waals surface area contributed by atoms with Crippen LogP contribution in [0.5, 0.6) is 5.75 Å². The maximum Gasteiger partial charge on any atom is 0.573 e. The zero-order valence-corrected chi connectivity index (χ0v) is 14.3. The van der Waals surface area contributed by atoms with Crippen molar-refractivity contribution in [2.75, 3.05) is 11.4 Å². The minimum Gasteiger partial charge on any atom is -0.405 e. The van der Waals surface area contributed by atoms with Crippen molar-refractivity contribution < 1.29 is 27.5 Å². The Kier molecular flexibility index (Phi) is 5.34. The lowest BCUT2D eigenvalue weighted by atomic mass is 10.1. The van der Waals surface area contributed by atoms with Crippen molar-refractivity contribution in [1.29, 1.82) is 0 Å². The topological polar surface area (TPSA) is 58.6 Å². The van der Waals surface area contributed by atoms with Gasteiger partial charge in [0.1, 0.15) is 5.75 Å². The Hall–Kier alpha value is -3.03. The molecule has 1 N–H and O–H groups in total. The molecule has 0 saturated carbocycles. The molecule has 2 amide bonds. The molecule has 8 heteroatoms. The predicted molar refractivity (Wildman–Crippen MR) is 92.3 cm³/mol. The molecule has 0 radical (unpaired) electrons. The summed E-state index contributed by atoms with van der Waals surface area (Å²) in [7, 11) is 0. The Labute approximate surface area is 153 Å². The number of nitrogens with one attached hydrogen (secondary N) is 1. The highest BCUT2D eigenvalue weighted by Crippen LogP contribution is 2.26. The molecule has 0 atom stereocenters. The molecule has 1 aliphatic heterocycles. The first-order chi connectivity index (χ1) is 12.8. The van der Waals surface area contributed by atoms with Gasteiger partial charge in [-0.1, -0.05) is 24.3 Å². The van der Waals surface area contributed by atoms with E-state index in [1.807, 2.05) is 0 Å². The van der Waals surface area contributed by atoms with Crippen molar-refractivity contribution in [3.05, 3.63) is 59.7 Å². The Balaban J connectivity index is 1.69. The summed E-state index contributed by atoms with van der Waals surface area (Å²) in [6.07, 6.45) is -3.56. The zero-order valence-electron chi connectivity index (χ0n) is 14.3. The molecule has 1 saturated heterocycles. The fourth-order valence-electron chi connectivity index (χ4n) is 2.89. The van der Waals surface area contributed by atoms with E-state index in [4.69, 9.17) is 0 Å². The molecular formula is C19H17F3N2O3. The standard InChI is InChI=1S/C19H17F3N2O3/c20-19(21,22)27-16-8-2-1-5-14(16)12-23-18(26)13-6-3-7-15(11-13)24-10-4-9-17(24)25/h1-3,5-8,11H,4,9-10,12H2,(H,23,26). The van der Waals surface area contributed by atoms with Crippen LogP contribution in [0.1, 0.15) is 28.8 Å².